The summed E-state index contributed by atoms with van der Waals surface area (Å²) in [5, 5.41) is 13.0. The van der Waals surface area contributed by atoms with Crippen molar-refractivity contribution in [2.75, 3.05) is 13.2 Å². The molecule has 0 aromatic heterocycles. The molecule has 1 amide bonds. The molecule has 0 radical (unpaired) electrons. The lowest BCUT2D eigenvalue weighted by atomic mass is 9.99. The van der Waals surface area contributed by atoms with Crippen LogP contribution in [0, 0.1) is 0 Å². The van der Waals surface area contributed by atoms with Crippen molar-refractivity contribution in [1.82, 2.24) is 10.2 Å². The standard InChI is InChI=1S/C16H28N2O2/c19-12-16(9-3-4-10-16)17-11-15(20)18(14-7-8-14)13-5-1-2-6-13/h13-14,17,19H,1-12H2. The van der Waals surface area contributed by atoms with Gasteiger partial charge in [-0.3, -0.25) is 4.79 Å². The van der Waals surface area contributed by atoms with Gasteiger partial charge in [-0.15, -0.1) is 0 Å². The van der Waals surface area contributed by atoms with E-state index in [1.54, 1.807) is 0 Å². The van der Waals surface area contributed by atoms with E-state index < -0.39 is 0 Å². The second-order valence-electron chi connectivity index (χ2n) is 6.97. The maximum Gasteiger partial charge on any atom is 0.237 e. The molecule has 0 spiro atoms. The predicted molar refractivity (Wildman–Crippen MR) is 78.4 cm³/mol. The number of carbonyl (C=O) groups excluding carboxylic acids is 1. The van der Waals surface area contributed by atoms with Crippen molar-refractivity contribution < 1.29 is 9.90 Å². The molecule has 3 rings (SSSR count). The Morgan fingerprint density at radius 2 is 1.65 bits per heavy atom. The highest BCUT2D eigenvalue weighted by molar-refractivity contribution is 5.79. The molecule has 0 aromatic rings. The summed E-state index contributed by atoms with van der Waals surface area (Å²) in [5.41, 5.74) is -0.180. The maximum absolute atomic E-state index is 12.6. The van der Waals surface area contributed by atoms with E-state index in [1.165, 1.54) is 38.5 Å². The molecule has 0 unspecified atom stereocenters. The van der Waals surface area contributed by atoms with E-state index >= 15 is 0 Å². The Kier molecular flexibility index (Phi) is 4.32. The van der Waals surface area contributed by atoms with Crippen LogP contribution in [0.15, 0.2) is 0 Å². The van der Waals surface area contributed by atoms with Gasteiger partial charge in [-0.05, 0) is 38.5 Å². The molecule has 0 aromatic carbocycles. The smallest absolute Gasteiger partial charge is 0.237 e. The molecule has 4 heteroatoms. The Balaban J connectivity index is 1.56. The summed E-state index contributed by atoms with van der Waals surface area (Å²) in [6, 6.07) is 1.01. The van der Waals surface area contributed by atoms with E-state index in [-0.39, 0.29) is 18.1 Å². The number of hydrogen-bond donors (Lipinski definition) is 2. The Morgan fingerprint density at radius 3 is 2.20 bits per heavy atom. The second kappa shape index (κ2) is 6.02. The van der Waals surface area contributed by atoms with Crippen LogP contribution in [0.25, 0.3) is 0 Å². The Hall–Kier alpha value is -0.610. The number of nitrogens with one attached hydrogen (secondary N) is 1. The number of aliphatic hydroxyl groups is 1. The minimum absolute atomic E-state index is 0.160. The van der Waals surface area contributed by atoms with Gasteiger partial charge in [0.25, 0.3) is 0 Å². The Morgan fingerprint density at radius 1 is 1.05 bits per heavy atom. The minimum Gasteiger partial charge on any atom is -0.394 e. The monoisotopic (exact) mass is 280 g/mol. The summed E-state index contributed by atoms with van der Waals surface area (Å²) in [7, 11) is 0. The fourth-order valence-corrected chi connectivity index (χ4v) is 4.04. The lowest BCUT2D eigenvalue weighted by molar-refractivity contribution is -0.133. The lowest BCUT2D eigenvalue weighted by Crippen LogP contribution is -2.52. The first kappa shape index (κ1) is 14.3. The van der Waals surface area contributed by atoms with Crippen molar-refractivity contribution in [3.05, 3.63) is 0 Å². The number of nitrogens with zero attached hydrogens (tertiary/aromatic N) is 1. The van der Waals surface area contributed by atoms with Crippen LogP contribution in [-0.2, 0) is 4.79 Å². The first-order chi connectivity index (χ1) is 9.74. The second-order valence-corrected chi connectivity index (χ2v) is 6.97. The third-order valence-electron chi connectivity index (χ3n) is 5.42. The molecule has 3 fully saturated rings. The van der Waals surface area contributed by atoms with Gasteiger partial charge in [0.05, 0.1) is 13.2 Å². The normalized spacial score (nSPS) is 26.1. The van der Waals surface area contributed by atoms with E-state index in [4.69, 9.17) is 0 Å². The lowest BCUT2D eigenvalue weighted by Gasteiger charge is -2.32. The summed E-state index contributed by atoms with van der Waals surface area (Å²) >= 11 is 0. The van der Waals surface area contributed by atoms with Gasteiger partial charge < -0.3 is 15.3 Å². The zero-order valence-corrected chi connectivity index (χ0v) is 12.4. The number of aliphatic hydroxyl groups excluding tert-OH is 1. The third kappa shape index (κ3) is 3.01. The highest BCUT2D eigenvalue weighted by Crippen LogP contribution is 2.35. The van der Waals surface area contributed by atoms with Crippen LogP contribution in [-0.4, -0.2) is 46.7 Å². The van der Waals surface area contributed by atoms with E-state index in [0.29, 0.717) is 18.6 Å². The topological polar surface area (TPSA) is 52.6 Å². The fraction of sp³-hybridized carbons (Fsp3) is 0.938. The largest absolute Gasteiger partial charge is 0.394 e. The van der Waals surface area contributed by atoms with Gasteiger partial charge >= 0.3 is 0 Å². The van der Waals surface area contributed by atoms with Crippen LogP contribution in [0.3, 0.4) is 0 Å². The van der Waals surface area contributed by atoms with E-state index in [2.05, 4.69) is 10.2 Å². The fourth-order valence-electron chi connectivity index (χ4n) is 4.04. The summed E-state index contributed by atoms with van der Waals surface area (Å²) < 4.78 is 0. The molecular formula is C16H28N2O2. The van der Waals surface area contributed by atoms with Crippen LogP contribution in [0.4, 0.5) is 0 Å². The van der Waals surface area contributed by atoms with E-state index in [0.717, 1.165) is 25.7 Å². The van der Waals surface area contributed by atoms with Gasteiger partial charge in [0, 0.05) is 17.6 Å². The van der Waals surface area contributed by atoms with Gasteiger partial charge in [-0.2, -0.15) is 0 Å². The molecule has 0 atom stereocenters. The average Bonchev–Trinajstić information content (AvgIpc) is 2.95. The average molecular weight is 280 g/mol. The van der Waals surface area contributed by atoms with E-state index in [1.807, 2.05) is 0 Å². The summed E-state index contributed by atoms with van der Waals surface area (Å²) in [4.78, 5) is 14.8. The molecule has 20 heavy (non-hydrogen) atoms. The molecule has 114 valence electrons. The molecule has 3 saturated carbocycles. The Labute approximate surface area is 121 Å². The van der Waals surface area contributed by atoms with Crippen molar-refractivity contribution >= 4 is 5.91 Å². The van der Waals surface area contributed by atoms with Crippen LogP contribution >= 0.6 is 0 Å². The summed E-state index contributed by atoms with van der Waals surface area (Å²) in [6.07, 6.45) is 11.6. The summed E-state index contributed by atoms with van der Waals surface area (Å²) in [6.45, 7) is 0.570. The molecule has 0 aliphatic heterocycles. The van der Waals surface area contributed by atoms with Crippen LogP contribution in [0.2, 0.25) is 0 Å². The van der Waals surface area contributed by atoms with Crippen molar-refractivity contribution in [2.45, 2.75) is 81.8 Å². The van der Waals surface area contributed by atoms with Crippen LogP contribution in [0.5, 0.6) is 0 Å². The molecule has 4 nitrogen and oxygen atoms in total. The number of hydrogen-bond acceptors (Lipinski definition) is 3. The SMILES string of the molecule is O=C(CNC1(CO)CCCC1)N(C1CCCC1)C1CC1. The van der Waals surface area contributed by atoms with Crippen molar-refractivity contribution in [3.63, 3.8) is 0 Å². The summed E-state index contributed by atoms with van der Waals surface area (Å²) in [5.74, 6) is 0.263. The predicted octanol–water partition coefficient (Wildman–Crippen LogP) is 1.81. The number of rotatable bonds is 6. The van der Waals surface area contributed by atoms with Gasteiger partial charge in [0.1, 0.15) is 0 Å². The zero-order chi connectivity index (χ0) is 14.0. The molecule has 0 bridgehead atoms. The molecule has 3 aliphatic carbocycles. The van der Waals surface area contributed by atoms with Crippen LogP contribution in [0.1, 0.15) is 64.2 Å². The third-order valence-corrected chi connectivity index (χ3v) is 5.42. The quantitative estimate of drug-likeness (QED) is 0.780. The molecule has 3 aliphatic rings. The molecule has 2 N–H and O–H groups in total. The first-order valence-corrected chi connectivity index (χ1v) is 8.41. The maximum atomic E-state index is 12.6. The number of amides is 1. The molecule has 0 saturated heterocycles. The highest BCUT2D eigenvalue weighted by Gasteiger charge is 2.39. The van der Waals surface area contributed by atoms with Gasteiger partial charge in [-0.25, -0.2) is 0 Å². The van der Waals surface area contributed by atoms with Gasteiger partial charge in [-0.1, -0.05) is 25.7 Å². The van der Waals surface area contributed by atoms with Crippen molar-refractivity contribution in [1.29, 1.82) is 0 Å². The van der Waals surface area contributed by atoms with Gasteiger partial charge in [0.2, 0.25) is 5.91 Å². The van der Waals surface area contributed by atoms with Gasteiger partial charge in [0.15, 0.2) is 0 Å². The van der Waals surface area contributed by atoms with Crippen LogP contribution < -0.4 is 5.32 Å². The minimum atomic E-state index is -0.180. The Bertz CT molecular complexity index is 342. The first-order valence-electron chi connectivity index (χ1n) is 8.41. The molecular weight excluding hydrogens is 252 g/mol. The zero-order valence-electron chi connectivity index (χ0n) is 12.4. The number of carbonyl (C=O) groups is 1. The molecule has 0 heterocycles. The van der Waals surface area contributed by atoms with E-state index in [9.17, 15) is 9.90 Å². The van der Waals surface area contributed by atoms with Crippen molar-refractivity contribution in [3.8, 4) is 0 Å². The van der Waals surface area contributed by atoms with Crippen molar-refractivity contribution in [2.24, 2.45) is 0 Å². The highest BCUT2D eigenvalue weighted by atomic mass is 16.3.